The zero-order valence-corrected chi connectivity index (χ0v) is 12.0. The molecule has 1 unspecified atom stereocenters. The van der Waals surface area contributed by atoms with Gasteiger partial charge < -0.3 is 10.2 Å². The van der Waals surface area contributed by atoms with Gasteiger partial charge in [0, 0.05) is 11.8 Å². The molecule has 3 aromatic rings. The summed E-state index contributed by atoms with van der Waals surface area (Å²) in [7, 11) is 1.63. The van der Waals surface area contributed by atoms with Crippen molar-refractivity contribution >= 4 is 17.0 Å². The lowest BCUT2D eigenvalue weighted by atomic mass is 10.0. The van der Waals surface area contributed by atoms with Crippen molar-refractivity contribution in [1.29, 1.82) is 0 Å². The van der Waals surface area contributed by atoms with Gasteiger partial charge in [-0.05, 0) is 22.1 Å². The Morgan fingerprint density at radius 3 is 2.86 bits per heavy atom. The number of phenolic OH excluding ortho intramolecular Hbond substituents is 1. The van der Waals surface area contributed by atoms with Gasteiger partial charge in [-0.2, -0.15) is 4.80 Å². The first-order valence-electron chi connectivity index (χ1n) is 6.77. The molecule has 2 aromatic carbocycles. The fourth-order valence-electron chi connectivity index (χ4n) is 2.18. The molecule has 0 fully saturated rings. The third kappa shape index (κ3) is 2.79. The van der Waals surface area contributed by atoms with Crippen molar-refractivity contribution < 1.29 is 10.2 Å². The van der Waals surface area contributed by atoms with Crippen LogP contribution in [0.1, 0.15) is 17.5 Å². The Hall–Kier alpha value is -2.80. The van der Waals surface area contributed by atoms with E-state index in [0.717, 1.165) is 10.8 Å². The van der Waals surface area contributed by atoms with Crippen LogP contribution in [0.2, 0.25) is 0 Å². The van der Waals surface area contributed by atoms with Crippen LogP contribution in [0.15, 0.2) is 41.4 Å². The number of nitrogens with zero attached hydrogens (tertiary/aromatic N) is 5. The lowest BCUT2D eigenvalue weighted by Crippen LogP contribution is -2.05. The molecule has 112 valence electrons. The first-order valence-corrected chi connectivity index (χ1v) is 6.77. The lowest BCUT2D eigenvalue weighted by molar-refractivity contribution is 0.177. The van der Waals surface area contributed by atoms with Gasteiger partial charge in [0.1, 0.15) is 11.9 Å². The summed E-state index contributed by atoms with van der Waals surface area (Å²) in [6, 6.07) is 11.2. The van der Waals surface area contributed by atoms with E-state index in [4.69, 9.17) is 0 Å². The van der Waals surface area contributed by atoms with Gasteiger partial charge in [-0.15, -0.1) is 10.2 Å². The van der Waals surface area contributed by atoms with Crippen LogP contribution in [-0.2, 0) is 7.05 Å². The summed E-state index contributed by atoms with van der Waals surface area (Å²) in [6.45, 7) is 0.0916. The highest BCUT2D eigenvalue weighted by Gasteiger charge is 2.12. The monoisotopic (exact) mass is 297 g/mol. The lowest BCUT2D eigenvalue weighted by Gasteiger charge is -2.05. The summed E-state index contributed by atoms with van der Waals surface area (Å²) < 4.78 is 0. The van der Waals surface area contributed by atoms with Gasteiger partial charge in [0.25, 0.3) is 0 Å². The van der Waals surface area contributed by atoms with Crippen LogP contribution in [0.5, 0.6) is 5.75 Å². The van der Waals surface area contributed by atoms with Crippen molar-refractivity contribution in [3.8, 4) is 5.75 Å². The third-order valence-electron chi connectivity index (χ3n) is 3.27. The van der Waals surface area contributed by atoms with Gasteiger partial charge in [-0.25, -0.2) is 0 Å². The van der Waals surface area contributed by atoms with Gasteiger partial charge in [-0.1, -0.05) is 30.3 Å². The molecule has 0 spiro atoms. The van der Waals surface area contributed by atoms with E-state index >= 15 is 0 Å². The molecule has 0 aliphatic rings. The minimum Gasteiger partial charge on any atom is -0.507 e. The van der Waals surface area contributed by atoms with Crippen molar-refractivity contribution in [2.45, 2.75) is 6.10 Å². The van der Waals surface area contributed by atoms with E-state index in [0.29, 0.717) is 5.56 Å². The SMILES string of the molecule is Cn1nnc(C(O)CN=Cc2c(O)ccc3ccccc23)n1. The van der Waals surface area contributed by atoms with Crippen LogP contribution in [0, 0.1) is 0 Å². The number of aliphatic imine (C=N–C) groups is 1. The number of hydrogen-bond acceptors (Lipinski definition) is 6. The summed E-state index contributed by atoms with van der Waals surface area (Å²) in [5, 5.41) is 33.2. The van der Waals surface area contributed by atoms with Crippen LogP contribution in [0.4, 0.5) is 0 Å². The quantitative estimate of drug-likeness (QED) is 0.706. The Kier molecular flexibility index (Phi) is 3.80. The first-order chi connectivity index (χ1) is 10.6. The summed E-state index contributed by atoms with van der Waals surface area (Å²) in [5.74, 6) is 0.372. The highest BCUT2D eigenvalue weighted by Crippen LogP contribution is 2.25. The van der Waals surface area contributed by atoms with Gasteiger partial charge in [-0.3, -0.25) is 4.99 Å². The molecule has 22 heavy (non-hydrogen) atoms. The number of phenols is 1. The topological polar surface area (TPSA) is 96.4 Å². The van der Waals surface area contributed by atoms with Crippen molar-refractivity contribution in [2.75, 3.05) is 6.54 Å². The number of aliphatic hydroxyl groups excluding tert-OH is 1. The zero-order valence-electron chi connectivity index (χ0n) is 12.0. The molecule has 1 atom stereocenters. The van der Waals surface area contributed by atoms with E-state index in [2.05, 4.69) is 20.4 Å². The Balaban J connectivity index is 1.82. The number of hydrogen-bond donors (Lipinski definition) is 2. The third-order valence-corrected chi connectivity index (χ3v) is 3.27. The Bertz CT molecular complexity index is 828. The highest BCUT2D eigenvalue weighted by molar-refractivity contribution is 6.02. The predicted molar refractivity (Wildman–Crippen MR) is 81.8 cm³/mol. The van der Waals surface area contributed by atoms with E-state index in [9.17, 15) is 10.2 Å². The van der Waals surface area contributed by atoms with Crippen molar-refractivity contribution in [2.24, 2.45) is 12.0 Å². The Labute approximate surface area is 126 Å². The van der Waals surface area contributed by atoms with E-state index in [1.807, 2.05) is 30.3 Å². The molecule has 0 saturated carbocycles. The molecule has 2 N–H and O–H groups in total. The second kappa shape index (κ2) is 5.90. The van der Waals surface area contributed by atoms with Crippen LogP contribution in [-0.4, -0.2) is 43.2 Å². The second-order valence-corrected chi connectivity index (χ2v) is 4.87. The Morgan fingerprint density at radius 2 is 2.09 bits per heavy atom. The van der Waals surface area contributed by atoms with Crippen LogP contribution in [0.3, 0.4) is 0 Å². The number of aliphatic hydroxyl groups is 1. The van der Waals surface area contributed by atoms with Crippen LogP contribution in [0.25, 0.3) is 10.8 Å². The second-order valence-electron chi connectivity index (χ2n) is 4.87. The fraction of sp³-hybridized carbons (Fsp3) is 0.200. The standard InChI is InChI=1S/C15H15N5O2/c1-20-18-15(17-19-20)14(22)9-16-8-12-11-5-3-2-4-10(11)6-7-13(12)21/h2-8,14,21-22H,9H2,1H3. The van der Waals surface area contributed by atoms with Gasteiger partial charge in [0.15, 0.2) is 0 Å². The summed E-state index contributed by atoms with van der Waals surface area (Å²) in [6.07, 6.45) is 0.624. The number of aryl methyl sites for hydroxylation is 1. The molecule has 3 rings (SSSR count). The molecule has 7 heteroatoms. The molecule has 1 heterocycles. The van der Waals surface area contributed by atoms with E-state index in [-0.39, 0.29) is 18.1 Å². The van der Waals surface area contributed by atoms with Crippen molar-refractivity contribution in [1.82, 2.24) is 20.2 Å². The molecule has 0 aliphatic heterocycles. The predicted octanol–water partition coefficient (Wildman–Crippen LogP) is 1.22. The highest BCUT2D eigenvalue weighted by atomic mass is 16.3. The van der Waals surface area contributed by atoms with E-state index in [1.54, 1.807) is 19.3 Å². The molecule has 0 bridgehead atoms. The van der Waals surface area contributed by atoms with Crippen LogP contribution >= 0.6 is 0 Å². The van der Waals surface area contributed by atoms with Crippen LogP contribution < -0.4 is 0 Å². The minimum absolute atomic E-state index is 0.0916. The molecule has 0 amide bonds. The maximum absolute atomic E-state index is 10.0. The summed E-state index contributed by atoms with van der Waals surface area (Å²) in [4.78, 5) is 5.46. The first kappa shape index (κ1) is 14.2. The average molecular weight is 297 g/mol. The van der Waals surface area contributed by atoms with Gasteiger partial charge in [0.05, 0.1) is 13.6 Å². The van der Waals surface area contributed by atoms with Crippen molar-refractivity contribution in [3.05, 3.63) is 47.8 Å². The zero-order chi connectivity index (χ0) is 15.5. The molecular formula is C15H15N5O2. The number of aromatic nitrogens is 4. The smallest absolute Gasteiger partial charge is 0.205 e. The number of benzene rings is 2. The Morgan fingerprint density at radius 1 is 1.27 bits per heavy atom. The largest absolute Gasteiger partial charge is 0.507 e. The number of aromatic hydroxyl groups is 1. The maximum atomic E-state index is 10.0. The molecule has 0 radical (unpaired) electrons. The average Bonchev–Trinajstić information content (AvgIpc) is 2.96. The van der Waals surface area contributed by atoms with E-state index < -0.39 is 6.10 Å². The normalized spacial score (nSPS) is 13.0. The summed E-state index contributed by atoms with van der Waals surface area (Å²) in [5.41, 5.74) is 0.623. The van der Waals surface area contributed by atoms with Gasteiger partial charge in [0.2, 0.25) is 5.82 Å². The number of tetrazole rings is 1. The number of fused-ring (bicyclic) bond motifs is 1. The molecule has 0 saturated heterocycles. The molecular weight excluding hydrogens is 282 g/mol. The van der Waals surface area contributed by atoms with Gasteiger partial charge >= 0.3 is 0 Å². The molecule has 1 aromatic heterocycles. The minimum atomic E-state index is -0.929. The fourth-order valence-corrected chi connectivity index (χ4v) is 2.18. The molecule has 7 nitrogen and oxygen atoms in total. The van der Waals surface area contributed by atoms with Crippen molar-refractivity contribution in [3.63, 3.8) is 0 Å². The maximum Gasteiger partial charge on any atom is 0.205 e. The summed E-state index contributed by atoms with van der Waals surface area (Å²) >= 11 is 0. The number of rotatable bonds is 4. The van der Waals surface area contributed by atoms with E-state index in [1.165, 1.54) is 4.80 Å². The molecule has 0 aliphatic carbocycles.